The quantitative estimate of drug-likeness (QED) is 0.448. The standard InChI is InChI=1S/C32H29FN4O4/c33-23-15-26(28-19-37(32(40)27(28)16-23)29-9-10-30(38)35-31(29)39)22-11-13-36(14-12-22)18-21-3-7-25(8-4-21)41-24-5-1-20(17-34)2-6-24/h1-8,15-16,22,29H,9-14,18-19H2,(H,35,38,39). The van der Waals surface area contributed by atoms with E-state index in [0.717, 1.165) is 54.9 Å². The van der Waals surface area contributed by atoms with Gasteiger partial charge in [0.1, 0.15) is 23.4 Å². The first-order valence-electron chi connectivity index (χ1n) is 13.8. The number of carbonyl (C=O) groups is 3. The molecule has 2 fully saturated rings. The first-order valence-corrected chi connectivity index (χ1v) is 13.8. The lowest BCUT2D eigenvalue weighted by Gasteiger charge is -2.33. The topological polar surface area (TPSA) is 103 Å². The van der Waals surface area contributed by atoms with Crippen LogP contribution in [0.3, 0.4) is 0 Å². The number of imide groups is 1. The molecule has 1 atom stereocenters. The van der Waals surface area contributed by atoms with E-state index in [2.05, 4.69) is 16.3 Å². The maximum Gasteiger partial charge on any atom is 0.255 e. The van der Waals surface area contributed by atoms with Gasteiger partial charge in [-0.25, -0.2) is 4.39 Å². The van der Waals surface area contributed by atoms with Gasteiger partial charge in [-0.3, -0.25) is 24.6 Å². The minimum absolute atomic E-state index is 0.119. The van der Waals surface area contributed by atoms with E-state index in [1.807, 2.05) is 24.3 Å². The zero-order chi connectivity index (χ0) is 28.5. The molecule has 1 N–H and O–H groups in total. The third-order valence-corrected chi connectivity index (χ3v) is 8.23. The largest absolute Gasteiger partial charge is 0.457 e. The molecule has 0 bridgehead atoms. The molecule has 1 unspecified atom stereocenters. The van der Waals surface area contributed by atoms with Crippen LogP contribution in [0, 0.1) is 17.1 Å². The molecule has 3 aromatic carbocycles. The Morgan fingerprint density at radius 1 is 0.951 bits per heavy atom. The molecule has 0 aromatic heterocycles. The Labute approximate surface area is 237 Å². The van der Waals surface area contributed by atoms with Crippen molar-refractivity contribution in [2.24, 2.45) is 0 Å². The minimum atomic E-state index is -0.716. The molecule has 6 rings (SSSR count). The number of rotatable bonds is 6. The Morgan fingerprint density at radius 2 is 1.63 bits per heavy atom. The molecule has 3 heterocycles. The van der Waals surface area contributed by atoms with Crippen LogP contribution in [0.2, 0.25) is 0 Å². The molecule has 9 heteroatoms. The third kappa shape index (κ3) is 5.56. The van der Waals surface area contributed by atoms with Gasteiger partial charge in [0.2, 0.25) is 11.8 Å². The van der Waals surface area contributed by atoms with E-state index < -0.39 is 17.8 Å². The van der Waals surface area contributed by atoms with Crippen molar-refractivity contribution in [3.63, 3.8) is 0 Å². The number of carbonyl (C=O) groups excluding carboxylic acids is 3. The zero-order valence-corrected chi connectivity index (χ0v) is 22.4. The van der Waals surface area contributed by atoms with Crippen molar-refractivity contribution in [2.45, 2.75) is 50.7 Å². The molecule has 0 aliphatic carbocycles. The van der Waals surface area contributed by atoms with E-state index in [-0.39, 0.29) is 37.1 Å². The van der Waals surface area contributed by atoms with Crippen molar-refractivity contribution < 1.29 is 23.5 Å². The van der Waals surface area contributed by atoms with Crippen molar-refractivity contribution in [1.82, 2.24) is 15.1 Å². The average molecular weight is 553 g/mol. The number of fused-ring (bicyclic) bond motifs is 1. The normalized spacial score (nSPS) is 19.6. The predicted octanol–water partition coefficient (Wildman–Crippen LogP) is 4.63. The van der Waals surface area contributed by atoms with Crippen LogP contribution >= 0.6 is 0 Å². The van der Waals surface area contributed by atoms with E-state index in [9.17, 15) is 18.8 Å². The van der Waals surface area contributed by atoms with Gasteiger partial charge < -0.3 is 9.64 Å². The number of likely N-dealkylation sites (tertiary alicyclic amines) is 1. The van der Waals surface area contributed by atoms with E-state index in [4.69, 9.17) is 10.00 Å². The van der Waals surface area contributed by atoms with Crippen LogP contribution in [0.25, 0.3) is 0 Å². The van der Waals surface area contributed by atoms with E-state index in [0.29, 0.717) is 16.9 Å². The molecule has 3 aromatic rings. The number of hydrogen-bond donors (Lipinski definition) is 1. The Balaban J connectivity index is 1.08. The number of halogens is 1. The van der Waals surface area contributed by atoms with Gasteiger partial charge in [0.05, 0.1) is 11.6 Å². The van der Waals surface area contributed by atoms with Crippen molar-refractivity contribution in [2.75, 3.05) is 13.1 Å². The summed E-state index contributed by atoms with van der Waals surface area (Å²) >= 11 is 0. The minimum Gasteiger partial charge on any atom is -0.457 e. The van der Waals surface area contributed by atoms with Crippen molar-refractivity contribution in [1.29, 1.82) is 5.26 Å². The van der Waals surface area contributed by atoms with E-state index >= 15 is 0 Å². The van der Waals surface area contributed by atoms with Gasteiger partial charge in [0.15, 0.2) is 0 Å². The molecule has 0 saturated carbocycles. The summed E-state index contributed by atoms with van der Waals surface area (Å²) in [4.78, 5) is 41.0. The highest BCUT2D eigenvalue weighted by Crippen LogP contribution is 2.38. The van der Waals surface area contributed by atoms with Crippen LogP contribution < -0.4 is 10.1 Å². The van der Waals surface area contributed by atoms with Gasteiger partial charge in [0.25, 0.3) is 5.91 Å². The van der Waals surface area contributed by atoms with Crippen LogP contribution in [-0.4, -0.2) is 46.7 Å². The Kier molecular flexibility index (Phi) is 7.25. The molecule has 8 nitrogen and oxygen atoms in total. The fraction of sp³-hybridized carbons (Fsp3) is 0.312. The maximum atomic E-state index is 14.7. The second kappa shape index (κ2) is 11.1. The number of hydrogen-bond acceptors (Lipinski definition) is 6. The number of nitriles is 1. The van der Waals surface area contributed by atoms with Crippen molar-refractivity contribution >= 4 is 17.7 Å². The lowest BCUT2D eigenvalue weighted by Crippen LogP contribution is -2.52. The van der Waals surface area contributed by atoms with Crippen LogP contribution in [0.15, 0.2) is 60.7 Å². The van der Waals surface area contributed by atoms with Crippen molar-refractivity contribution in [3.05, 3.63) is 94.3 Å². The summed E-state index contributed by atoms with van der Waals surface area (Å²) in [5.74, 6) is -0.0776. The summed E-state index contributed by atoms with van der Waals surface area (Å²) in [6.45, 7) is 2.72. The average Bonchev–Trinajstić information content (AvgIpc) is 3.30. The number of ether oxygens (including phenoxy) is 1. The lowest BCUT2D eigenvalue weighted by molar-refractivity contribution is -0.136. The fourth-order valence-corrected chi connectivity index (χ4v) is 6.07. The SMILES string of the molecule is N#Cc1ccc(Oc2ccc(CN3CCC(c4cc(F)cc5c4CN(C4CCC(=O)NC4=O)C5=O)CC3)cc2)cc1. The van der Waals surface area contributed by atoms with E-state index in [1.165, 1.54) is 11.0 Å². The molecule has 3 amide bonds. The number of benzene rings is 3. The number of nitrogens with zero attached hydrogens (tertiary/aromatic N) is 3. The lowest BCUT2D eigenvalue weighted by atomic mass is 9.85. The van der Waals surface area contributed by atoms with Crippen LogP contribution in [0.1, 0.15) is 64.2 Å². The molecule has 2 saturated heterocycles. The molecule has 3 aliphatic rings. The smallest absolute Gasteiger partial charge is 0.255 e. The highest BCUT2D eigenvalue weighted by Gasteiger charge is 2.41. The van der Waals surface area contributed by atoms with Gasteiger partial charge in [-0.1, -0.05) is 12.1 Å². The summed E-state index contributed by atoms with van der Waals surface area (Å²) in [6, 6.07) is 19.1. The Hall–Kier alpha value is -4.55. The van der Waals surface area contributed by atoms with Crippen LogP contribution in [0.4, 0.5) is 4.39 Å². The second-order valence-corrected chi connectivity index (χ2v) is 10.9. The highest BCUT2D eigenvalue weighted by molar-refractivity contribution is 6.05. The molecular weight excluding hydrogens is 523 g/mol. The van der Waals surface area contributed by atoms with Crippen molar-refractivity contribution in [3.8, 4) is 17.6 Å². The number of amides is 3. The number of piperidine rings is 2. The van der Waals surface area contributed by atoms with Gasteiger partial charge in [-0.15, -0.1) is 0 Å². The fourth-order valence-electron chi connectivity index (χ4n) is 6.07. The highest BCUT2D eigenvalue weighted by atomic mass is 19.1. The monoisotopic (exact) mass is 552 g/mol. The molecule has 0 radical (unpaired) electrons. The Morgan fingerprint density at radius 3 is 2.29 bits per heavy atom. The van der Waals surface area contributed by atoms with E-state index in [1.54, 1.807) is 30.3 Å². The predicted molar refractivity (Wildman–Crippen MR) is 147 cm³/mol. The Bertz CT molecular complexity index is 1540. The van der Waals surface area contributed by atoms with Crippen LogP contribution in [-0.2, 0) is 22.7 Å². The second-order valence-electron chi connectivity index (χ2n) is 10.9. The molecule has 208 valence electrons. The first-order chi connectivity index (χ1) is 19.9. The summed E-state index contributed by atoms with van der Waals surface area (Å²) in [5.41, 5.74) is 3.73. The molecule has 0 spiro atoms. The maximum absolute atomic E-state index is 14.7. The van der Waals surface area contributed by atoms with Gasteiger partial charge >= 0.3 is 0 Å². The van der Waals surface area contributed by atoms with Gasteiger partial charge in [0, 0.05) is 25.1 Å². The first kappa shape index (κ1) is 26.7. The van der Waals surface area contributed by atoms with Gasteiger partial charge in [-0.2, -0.15) is 5.26 Å². The molecular formula is C32H29FN4O4. The third-order valence-electron chi connectivity index (χ3n) is 8.23. The summed E-state index contributed by atoms with van der Waals surface area (Å²) in [6.07, 6.45) is 2.14. The molecule has 3 aliphatic heterocycles. The summed E-state index contributed by atoms with van der Waals surface area (Å²) in [5, 5.41) is 11.3. The molecule has 41 heavy (non-hydrogen) atoms. The van der Waals surface area contributed by atoms with Gasteiger partial charge in [-0.05, 0) is 103 Å². The summed E-state index contributed by atoms with van der Waals surface area (Å²) in [7, 11) is 0. The van der Waals surface area contributed by atoms with Crippen LogP contribution in [0.5, 0.6) is 11.5 Å². The zero-order valence-electron chi connectivity index (χ0n) is 22.4. The summed E-state index contributed by atoms with van der Waals surface area (Å²) < 4.78 is 20.6. The number of nitrogens with one attached hydrogen (secondary N) is 1.